The number of aliphatic hydroxyl groups is 1. The summed E-state index contributed by atoms with van der Waals surface area (Å²) in [5.74, 6) is 0.717. The molecule has 2 heterocycles. The van der Waals surface area contributed by atoms with E-state index in [1.54, 1.807) is 12.3 Å². The molecule has 1 saturated heterocycles. The van der Waals surface area contributed by atoms with Gasteiger partial charge in [-0.25, -0.2) is 4.98 Å². The van der Waals surface area contributed by atoms with E-state index in [9.17, 15) is 9.90 Å². The van der Waals surface area contributed by atoms with Gasteiger partial charge in [-0.05, 0) is 12.5 Å². The zero-order valence-electron chi connectivity index (χ0n) is 9.02. The molecule has 0 aromatic carbocycles. The van der Waals surface area contributed by atoms with Crippen molar-refractivity contribution in [1.82, 2.24) is 10.3 Å². The van der Waals surface area contributed by atoms with E-state index >= 15 is 0 Å². The van der Waals surface area contributed by atoms with Crippen LogP contribution in [-0.2, 0) is 11.4 Å². The molecule has 1 aromatic heterocycles. The smallest absolute Gasteiger partial charge is 0.239 e. The van der Waals surface area contributed by atoms with E-state index in [1.807, 2.05) is 11.0 Å². The first-order valence-corrected chi connectivity index (χ1v) is 5.37. The second kappa shape index (κ2) is 4.94. The van der Waals surface area contributed by atoms with Crippen LogP contribution in [0.5, 0.6) is 0 Å². The second-order valence-corrected chi connectivity index (χ2v) is 3.77. The van der Waals surface area contributed by atoms with E-state index in [4.69, 9.17) is 0 Å². The highest BCUT2D eigenvalue weighted by Gasteiger charge is 2.17. The Balaban J connectivity index is 2.24. The summed E-state index contributed by atoms with van der Waals surface area (Å²) in [7, 11) is 0. The number of anilines is 1. The molecular weight excluding hydrogens is 206 g/mol. The number of hydrogen-bond donors (Lipinski definition) is 2. The maximum Gasteiger partial charge on any atom is 0.239 e. The highest BCUT2D eigenvalue weighted by atomic mass is 16.3. The summed E-state index contributed by atoms with van der Waals surface area (Å²) in [4.78, 5) is 17.6. The first-order chi connectivity index (χ1) is 7.81. The average molecular weight is 221 g/mol. The molecule has 0 aliphatic carbocycles. The molecule has 16 heavy (non-hydrogen) atoms. The van der Waals surface area contributed by atoms with E-state index in [1.165, 1.54) is 0 Å². The van der Waals surface area contributed by atoms with Crippen LogP contribution < -0.4 is 10.2 Å². The molecule has 0 saturated carbocycles. The van der Waals surface area contributed by atoms with Gasteiger partial charge in [0.05, 0.1) is 13.2 Å². The Labute approximate surface area is 94.1 Å². The quantitative estimate of drug-likeness (QED) is 0.732. The third kappa shape index (κ3) is 2.30. The number of aliphatic hydroxyl groups excluding tert-OH is 1. The number of nitrogens with one attached hydrogen (secondary N) is 1. The van der Waals surface area contributed by atoms with E-state index in [0.29, 0.717) is 18.9 Å². The van der Waals surface area contributed by atoms with Crippen molar-refractivity contribution in [3.8, 4) is 0 Å². The molecule has 1 fully saturated rings. The van der Waals surface area contributed by atoms with Crippen molar-refractivity contribution in [3.05, 3.63) is 23.9 Å². The van der Waals surface area contributed by atoms with Crippen LogP contribution in [0.15, 0.2) is 18.3 Å². The van der Waals surface area contributed by atoms with Gasteiger partial charge in [0.25, 0.3) is 0 Å². The van der Waals surface area contributed by atoms with Crippen LogP contribution in [0.3, 0.4) is 0 Å². The summed E-state index contributed by atoms with van der Waals surface area (Å²) in [5.41, 5.74) is 0.761. The summed E-state index contributed by atoms with van der Waals surface area (Å²) < 4.78 is 0. The molecule has 5 heteroatoms. The number of rotatable bonds is 2. The third-order valence-corrected chi connectivity index (χ3v) is 2.60. The Morgan fingerprint density at radius 2 is 2.44 bits per heavy atom. The molecule has 2 rings (SSSR count). The van der Waals surface area contributed by atoms with Gasteiger partial charge in [-0.1, -0.05) is 6.07 Å². The van der Waals surface area contributed by atoms with Crippen LogP contribution in [0.4, 0.5) is 5.82 Å². The van der Waals surface area contributed by atoms with E-state index < -0.39 is 0 Å². The zero-order chi connectivity index (χ0) is 11.4. The summed E-state index contributed by atoms with van der Waals surface area (Å²) >= 11 is 0. The fourth-order valence-electron chi connectivity index (χ4n) is 1.83. The number of aromatic nitrogens is 1. The molecule has 1 aliphatic heterocycles. The van der Waals surface area contributed by atoms with Gasteiger partial charge < -0.3 is 15.3 Å². The van der Waals surface area contributed by atoms with Crippen molar-refractivity contribution < 1.29 is 9.90 Å². The lowest BCUT2D eigenvalue weighted by atomic mass is 10.2. The minimum atomic E-state index is -0.0543. The molecule has 0 bridgehead atoms. The molecule has 0 radical (unpaired) electrons. The number of carbonyl (C=O) groups excluding carboxylic acids is 1. The van der Waals surface area contributed by atoms with E-state index in [0.717, 1.165) is 18.5 Å². The minimum Gasteiger partial charge on any atom is -0.392 e. The first-order valence-electron chi connectivity index (χ1n) is 5.37. The summed E-state index contributed by atoms with van der Waals surface area (Å²) in [6.07, 6.45) is 2.57. The van der Waals surface area contributed by atoms with Gasteiger partial charge in [0.2, 0.25) is 5.91 Å². The SMILES string of the molecule is O=C1CN(c2ncccc2CO)CCCN1. The number of carbonyl (C=O) groups is 1. The predicted octanol–water partition coefficient (Wildman–Crippen LogP) is -0.0998. The molecule has 1 aromatic rings. The van der Waals surface area contributed by atoms with Gasteiger partial charge in [-0.15, -0.1) is 0 Å². The Bertz CT molecular complexity index is 381. The van der Waals surface area contributed by atoms with E-state index in [-0.39, 0.29) is 12.5 Å². The maximum atomic E-state index is 11.4. The number of nitrogens with zero attached hydrogens (tertiary/aromatic N) is 2. The van der Waals surface area contributed by atoms with Crippen LogP contribution in [-0.4, -0.2) is 35.6 Å². The monoisotopic (exact) mass is 221 g/mol. The van der Waals surface area contributed by atoms with Gasteiger partial charge in [-0.3, -0.25) is 4.79 Å². The predicted molar refractivity (Wildman–Crippen MR) is 60.0 cm³/mol. The lowest BCUT2D eigenvalue weighted by molar-refractivity contribution is -0.119. The number of pyridine rings is 1. The molecule has 0 spiro atoms. The van der Waals surface area contributed by atoms with Crippen LogP contribution in [0.1, 0.15) is 12.0 Å². The van der Waals surface area contributed by atoms with Gasteiger partial charge in [0.1, 0.15) is 5.82 Å². The average Bonchev–Trinajstić information content (AvgIpc) is 2.54. The number of amides is 1. The molecule has 0 unspecified atom stereocenters. The second-order valence-electron chi connectivity index (χ2n) is 3.77. The molecular formula is C11H15N3O2. The Kier molecular flexibility index (Phi) is 3.36. The van der Waals surface area contributed by atoms with Crippen molar-refractivity contribution in [2.24, 2.45) is 0 Å². The molecule has 5 nitrogen and oxygen atoms in total. The van der Waals surface area contributed by atoms with Gasteiger partial charge in [-0.2, -0.15) is 0 Å². The standard InChI is InChI=1S/C11H15N3O2/c15-8-9-3-1-4-13-11(9)14-6-2-5-12-10(16)7-14/h1,3-4,15H,2,5-8H2,(H,12,16). The van der Waals surface area contributed by atoms with Crippen LogP contribution in [0, 0.1) is 0 Å². The first kappa shape index (κ1) is 10.9. The molecule has 2 N–H and O–H groups in total. The van der Waals surface area contributed by atoms with Gasteiger partial charge in [0.15, 0.2) is 0 Å². The van der Waals surface area contributed by atoms with Crippen molar-refractivity contribution in [1.29, 1.82) is 0 Å². The Morgan fingerprint density at radius 1 is 1.56 bits per heavy atom. The summed E-state index contributed by atoms with van der Waals surface area (Å²) in [5, 5.41) is 12.0. The van der Waals surface area contributed by atoms with Gasteiger partial charge >= 0.3 is 0 Å². The summed E-state index contributed by atoms with van der Waals surface area (Å²) in [6, 6.07) is 3.61. The largest absolute Gasteiger partial charge is 0.392 e. The topological polar surface area (TPSA) is 65.5 Å². The van der Waals surface area contributed by atoms with E-state index in [2.05, 4.69) is 10.3 Å². The Morgan fingerprint density at radius 3 is 3.25 bits per heavy atom. The van der Waals surface area contributed by atoms with Crippen LogP contribution in [0.25, 0.3) is 0 Å². The highest BCUT2D eigenvalue weighted by Crippen LogP contribution is 2.17. The maximum absolute atomic E-state index is 11.4. The highest BCUT2D eigenvalue weighted by molar-refractivity contribution is 5.81. The fraction of sp³-hybridized carbons (Fsp3) is 0.455. The van der Waals surface area contributed by atoms with Crippen LogP contribution >= 0.6 is 0 Å². The molecule has 1 aliphatic rings. The van der Waals surface area contributed by atoms with Crippen LogP contribution in [0.2, 0.25) is 0 Å². The molecule has 1 amide bonds. The number of hydrogen-bond acceptors (Lipinski definition) is 4. The molecule has 86 valence electrons. The normalized spacial score (nSPS) is 16.8. The van der Waals surface area contributed by atoms with Crippen molar-refractivity contribution in [2.45, 2.75) is 13.0 Å². The van der Waals surface area contributed by atoms with Crippen molar-refractivity contribution >= 4 is 11.7 Å². The lowest BCUT2D eigenvalue weighted by Gasteiger charge is -2.22. The van der Waals surface area contributed by atoms with Gasteiger partial charge in [0, 0.05) is 24.8 Å². The summed E-state index contributed by atoms with van der Waals surface area (Å²) in [6.45, 7) is 1.74. The third-order valence-electron chi connectivity index (χ3n) is 2.60. The minimum absolute atomic E-state index is 0.00652. The lowest BCUT2D eigenvalue weighted by Crippen LogP contribution is -2.34. The van der Waals surface area contributed by atoms with Crippen molar-refractivity contribution in [2.75, 3.05) is 24.5 Å². The Hall–Kier alpha value is -1.62. The van der Waals surface area contributed by atoms with Crippen molar-refractivity contribution in [3.63, 3.8) is 0 Å². The zero-order valence-corrected chi connectivity index (χ0v) is 9.02. The molecule has 0 atom stereocenters. The fourth-order valence-corrected chi connectivity index (χ4v) is 1.83.